The number of fused-ring (bicyclic) bond motifs is 1. The molecule has 5 heteroatoms. The quantitative estimate of drug-likeness (QED) is 0.841. The van der Waals surface area contributed by atoms with E-state index >= 15 is 0 Å². The van der Waals surface area contributed by atoms with Crippen LogP contribution in [0.15, 0.2) is 24.3 Å². The van der Waals surface area contributed by atoms with Crippen molar-refractivity contribution in [3.8, 4) is 0 Å². The molecule has 2 aliphatic rings. The highest BCUT2D eigenvalue weighted by atomic mass is 16.4. The van der Waals surface area contributed by atoms with Crippen molar-refractivity contribution in [2.75, 3.05) is 18.0 Å². The molecule has 0 saturated heterocycles. The number of hydrogen-bond donors (Lipinski definition) is 2. The third-order valence-electron chi connectivity index (χ3n) is 3.97. The first-order valence-corrected chi connectivity index (χ1v) is 6.99. The Labute approximate surface area is 117 Å². The maximum Gasteiger partial charge on any atom is 0.326 e. The number of amides is 1. The number of nitrogens with one attached hydrogen (secondary N) is 1. The SMILES string of the molecule is O=C(CN1c2ccccc2CC1C(=O)O)NCC1CC1. The molecule has 1 aromatic carbocycles. The lowest BCUT2D eigenvalue weighted by atomic mass is 10.1. The molecular formula is C15H18N2O3. The van der Waals surface area contributed by atoms with Gasteiger partial charge in [-0.25, -0.2) is 4.79 Å². The van der Waals surface area contributed by atoms with Gasteiger partial charge in [0.15, 0.2) is 0 Å². The molecule has 1 fully saturated rings. The molecule has 1 aliphatic heterocycles. The van der Waals surface area contributed by atoms with E-state index < -0.39 is 12.0 Å². The molecule has 1 saturated carbocycles. The Morgan fingerprint density at radius 3 is 2.75 bits per heavy atom. The molecule has 0 radical (unpaired) electrons. The lowest BCUT2D eigenvalue weighted by Crippen LogP contribution is -2.45. The van der Waals surface area contributed by atoms with Crippen LogP contribution in [-0.2, 0) is 16.0 Å². The maximum absolute atomic E-state index is 12.0. The highest BCUT2D eigenvalue weighted by Crippen LogP contribution is 2.32. The molecule has 1 atom stereocenters. The van der Waals surface area contributed by atoms with Gasteiger partial charge in [0.2, 0.25) is 5.91 Å². The fraction of sp³-hybridized carbons (Fsp3) is 0.467. The monoisotopic (exact) mass is 274 g/mol. The molecule has 1 aromatic rings. The molecule has 0 aromatic heterocycles. The first-order chi connectivity index (χ1) is 9.65. The van der Waals surface area contributed by atoms with Crippen LogP contribution >= 0.6 is 0 Å². The van der Waals surface area contributed by atoms with Gasteiger partial charge >= 0.3 is 5.97 Å². The lowest BCUT2D eigenvalue weighted by molar-refractivity contribution is -0.138. The lowest BCUT2D eigenvalue weighted by Gasteiger charge is -2.24. The van der Waals surface area contributed by atoms with Crippen LogP contribution in [0.1, 0.15) is 18.4 Å². The number of aliphatic carboxylic acids is 1. The minimum absolute atomic E-state index is 0.0974. The van der Waals surface area contributed by atoms with Gasteiger partial charge in [-0.05, 0) is 30.4 Å². The van der Waals surface area contributed by atoms with Crippen molar-refractivity contribution in [1.82, 2.24) is 5.32 Å². The second-order valence-corrected chi connectivity index (χ2v) is 5.56. The van der Waals surface area contributed by atoms with Crippen molar-refractivity contribution in [2.24, 2.45) is 5.92 Å². The third kappa shape index (κ3) is 2.61. The van der Waals surface area contributed by atoms with E-state index in [1.165, 1.54) is 12.8 Å². The van der Waals surface area contributed by atoms with Crippen LogP contribution in [0.5, 0.6) is 0 Å². The number of carbonyl (C=O) groups is 2. The van der Waals surface area contributed by atoms with E-state index in [1.807, 2.05) is 24.3 Å². The molecule has 20 heavy (non-hydrogen) atoms. The van der Waals surface area contributed by atoms with Gasteiger partial charge < -0.3 is 15.3 Å². The molecular weight excluding hydrogens is 256 g/mol. The summed E-state index contributed by atoms with van der Waals surface area (Å²) in [4.78, 5) is 25.0. The molecule has 2 N–H and O–H groups in total. The summed E-state index contributed by atoms with van der Waals surface area (Å²) >= 11 is 0. The number of hydrogen-bond acceptors (Lipinski definition) is 3. The van der Waals surface area contributed by atoms with E-state index in [2.05, 4.69) is 5.32 Å². The summed E-state index contributed by atoms with van der Waals surface area (Å²) in [7, 11) is 0. The van der Waals surface area contributed by atoms with Gasteiger partial charge in [-0.1, -0.05) is 18.2 Å². The van der Waals surface area contributed by atoms with Gasteiger partial charge in [-0.15, -0.1) is 0 Å². The van der Waals surface area contributed by atoms with Gasteiger partial charge in [0.05, 0.1) is 6.54 Å². The largest absolute Gasteiger partial charge is 0.480 e. The Morgan fingerprint density at radius 2 is 2.05 bits per heavy atom. The summed E-state index contributed by atoms with van der Waals surface area (Å²) in [5, 5.41) is 12.2. The average Bonchev–Trinajstić information content (AvgIpc) is 3.19. The standard InChI is InChI=1S/C15H18N2O3/c18-14(16-8-10-5-6-10)9-17-12-4-2-1-3-11(12)7-13(17)15(19)20/h1-4,10,13H,5-9H2,(H,16,18)(H,19,20). The minimum Gasteiger partial charge on any atom is -0.480 e. The van der Waals surface area contributed by atoms with E-state index in [4.69, 9.17) is 0 Å². The Kier molecular flexibility index (Phi) is 3.34. The fourth-order valence-electron chi connectivity index (χ4n) is 2.66. The van der Waals surface area contributed by atoms with Crippen LogP contribution < -0.4 is 10.2 Å². The van der Waals surface area contributed by atoms with E-state index in [0.717, 1.165) is 11.3 Å². The fourth-order valence-corrected chi connectivity index (χ4v) is 2.66. The normalized spacial score (nSPS) is 20.6. The van der Waals surface area contributed by atoms with Crippen molar-refractivity contribution in [3.05, 3.63) is 29.8 Å². The zero-order chi connectivity index (χ0) is 14.1. The number of carboxylic acid groups (broad SMARTS) is 1. The third-order valence-corrected chi connectivity index (χ3v) is 3.97. The molecule has 3 rings (SSSR count). The molecule has 1 heterocycles. The van der Waals surface area contributed by atoms with Crippen LogP contribution in [0.25, 0.3) is 0 Å². The highest BCUT2D eigenvalue weighted by Gasteiger charge is 2.35. The van der Waals surface area contributed by atoms with Gasteiger partial charge in [-0.2, -0.15) is 0 Å². The Bertz CT molecular complexity index is 540. The summed E-state index contributed by atoms with van der Waals surface area (Å²) in [6, 6.07) is 6.94. The first kappa shape index (κ1) is 13.0. The van der Waals surface area contributed by atoms with Crippen LogP contribution in [-0.4, -0.2) is 36.1 Å². The summed E-state index contributed by atoms with van der Waals surface area (Å²) in [6.45, 7) is 0.826. The van der Waals surface area contributed by atoms with Gasteiger partial charge in [0.1, 0.15) is 6.04 Å². The molecule has 1 aliphatic carbocycles. The van der Waals surface area contributed by atoms with Crippen molar-refractivity contribution >= 4 is 17.6 Å². The van der Waals surface area contributed by atoms with Gasteiger partial charge in [0.25, 0.3) is 0 Å². The molecule has 0 bridgehead atoms. The number of anilines is 1. The van der Waals surface area contributed by atoms with E-state index in [0.29, 0.717) is 18.9 Å². The Hall–Kier alpha value is -2.04. The number of para-hydroxylation sites is 1. The van der Waals surface area contributed by atoms with Gasteiger partial charge in [-0.3, -0.25) is 4.79 Å². The zero-order valence-corrected chi connectivity index (χ0v) is 11.2. The number of carbonyl (C=O) groups excluding carboxylic acids is 1. The summed E-state index contributed by atoms with van der Waals surface area (Å²) in [6.07, 6.45) is 2.83. The minimum atomic E-state index is -0.879. The van der Waals surface area contributed by atoms with Crippen molar-refractivity contribution in [3.63, 3.8) is 0 Å². The van der Waals surface area contributed by atoms with Gasteiger partial charge in [0, 0.05) is 18.7 Å². The van der Waals surface area contributed by atoms with Crippen molar-refractivity contribution < 1.29 is 14.7 Å². The maximum atomic E-state index is 12.0. The summed E-state index contributed by atoms with van der Waals surface area (Å²) in [5.41, 5.74) is 1.86. The molecule has 0 spiro atoms. The topological polar surface area (TPSA) is 69.6 Å². The number of carboxylic acids is 1. The average molecular weight is 274 g/mol. The molecule has 1 amide bonds. The number of benzene rings is 1. The molecule has 5 nitrogen and oxygen atoms in total. The Balaban J connectivity index is 1.70. The van der Waals surface area contributed by atoms with Crippen LogP contribution in [0.2, 0.25) is 0 Å². The van der Waals surface area contributed by atoms with Crippen molar-refractivity contribution in [2.45, 2.75) is 25.3 Å². The summed E-state index contributed by atoms with van der Waals surface area (Å²) in [5.74, 6) is -0.351. The smallest absolute Gasteiger partial charge is 0.326 e. The highest BCUT2D eigenvalue weighted by molar-refractivity contribution is 5.88. The van der Waals surface area contributed by atoms with Crippen LogP contribution in [0.3, 0.4) is 0 Å². The predicted octanol–water partition coefficient (Wildman–Crippen LogP) is 1.03. The number of nitrogens with zero attached hydrogens (tertiary/aromatic N) is 1. The number of rotatable bonds is 5. The second-order valence-electron chi connectivity index (χ2n) is 5.56. The Morgan fingerprint density at radius 1 is 1.30 bits per heavy atom. The second kappa shape index (κ2) is 5.15. The summed E-state index contributed by atoms with van der Waals surface area (Å²) < 4.78 is 0. The van der Waals surface area contributed by atoms with Crippen LogP contribution in [0, 0.1) is 5.92 Å². The molecule has 1 unspecified atom stereocenters. The van der Waals surface area contributed by atoms with E-state index in [1.54, 1.807) is 4.90 Å². The predicted molar refractivity (Wildman–Crippen MR) is 74.6 cm³/mol. The van der Waals surface area contributed by atoms with Crippen molar-refractivity contribution in [1.29, 1.82) is 0 Å². The zero-order valence-electron chi connectivity index (χ0n) is 11.2. The first-order valence-electron chi connectivity index (χ1n) is 6.99. The van der Waals surface area contributed by atoms with Crippen LogP contribution in [0.4, 0.5) is 5.69 Å². The van der Waals surface area contributed by atoms with E-state index in [-0.39, 0.29) is 12.5 Å². The van der Waals surface area contributed by atoms with E-state index in [9.17, 15) is 14.7 Å². The molecule has 106 valence electrons.